The van der Waals surface area contributed by atoms with E-state index in [9.17, 15) is 13.2 Å². The van der Waals surface area contributed by atoms with Gasteiger partial charge in [-0.25, -0.2) is 4.99 Å². The number of halogens is 3. The van der Waals surface area contributed by atoms with Gasteiger partial charge < -0.3 is 24.8 Å². The molecule has 0 saturated carbocycles. The summed E-state index contributed by atoms with van der Waals surface area (Å²) in [6.07, 6.45) is -2.16. The first-order chi connectivity index (χ1) is 13.9. The van der Waals surface area contributed by atoms with Crippen LogP contribution in [-0.2, 0) is 16.0 Å². The second-order valence-electron chi connectivity index (χ2n) is 6.25. The molecule has 0 aliphatic heterocycles. The van der Waals surface area contributed by atoms with Crippen LogP contribution in [0.15, 0.2) is 29.3 Å². The van der Waals surface area contributed by atoms with Crippen LogP contribution in [0.2, 0.25) is 0 Å². The summed E-state index contributed by atoms with van der Waals surface area (Å²) in [5, 5.41) is 6.31. The number of hydrogen-bond acceptors (Lipinski definition) is 4. The van der Waals surface area contributed by atoms with Crippen LogP contribution < -0.4 is 15.4 Å². The van der Waals surface area contributed by atoms with E-state index in [0.29, 0.717) is 45.4 Å². The molecule has 1 aromatic carbocycles. The van der Waals surface area contributed by atoms with Crippen molar-refractivity contribution in [1.29, 1.82) is 0 Å². The molecule has 0 radical (unpaired) electrons. The van der Waals surface area contributed by atoms with E-state index in [1.165, 1.54) is 12.1 Å². The normalized spacial score (nSPS) is 12.1. The van der Waals surface area contributed by atoms with Crippen molar-refractivity contribution in [1.82, 2.24) is 10.6 Å². The maximum absolute atomic E-state index is 12.2. The van der Waals surface area contributed by atoms with Crippen LogP contribution in [0.4, 0.5) is 13.2 Å². The number of nitrogens with one attached hydrogen (secondary N) is 2. The third-order valence-electron chi connectivity index (χ3n) is 3.64. The summed E-state index contributed by atoms with van der Waals surface area (Å²) in [4.78, 5) is 4.46. The molecule has 0 aliphatic rings. The van der Waals surface area contributed by atoms with Crippen LogP contribution in [-0.4, -0.2) is 58.3 Å². The van der Waals surface area contributed by atoms with Crippen LogP contribution in [0, 0.1) is 0 Å². The van der Waals surface area contributed by atoms with Crippen LogP contribution in [0.5, 0.6) is 5.75 Å². The molecule has 166 valence electrons. The topological polar surface area (TPSA) is 64.1 Å². The fraction of sp³-hybridized carbons (Fsp3) is 0.650. The molecule has 2 N–H and O–H groups in total. The highest BCUT2D eigenvalue weighted by Gasteiger charge is 2.28. The third kappa shape index (κ3) is 13.8. The van der Waals surface area contributed by atoms with Gasteiger partial charge in [0.2, 0.25) is 0 Å². The lowest BCUT2D eigenvalue weighted by atomic mass is 10.2. The first kappa shape index (κ1) is 25.0. The summed E-state index contributed by atoms with van der Waals surface area (Å²) in [6.45, 7) is 6.95. The highest BCUT2D eigenvalue weighted by atomic mass is 19.4. The Morgan fingerprint density at radius 3 is 2.28 bits per heavy atom. The van der Waals surface area contributed by atoms with E-state index >= 15 is 0 Å². The number of benzene rings is 1. The van der Waals surface area contributed by atoms with Crippen LogP contribution >= 0.6 is 0 Å². The Balaban J connectivity index is 2.30. The van der Waals surface area contributed by atoms with Crippen LogP contribution in [0.3, 0.4) is 0 Å². The predicted molar refractivity (Wildman–Crippen MR) is 107 cm³/mol. The number of hydrogen-bond donors (Lipinski definition) is 2. The molecule has 0 aliphatic carbocycles. The number of guanidine groups is 1. The van der Waals surface area contributed by atoms with Crippen LogP contribution in [0.1, 0.15) is 32.3 Å². The van der Waals surface area contributed by atoms with E-state index in [-0.39, 0.29) is 5.75 Å². The lowest BCUT2D eigenvalue weighted by molar-refractivity contribution is -0.153. The Morgan fingerprint density at radius 2 is 1.66 bits per heavy atom. The van der Waals surface area contributed by atoms with Crippen molar-refractivity contribution in [3.05, 3.63) is 29.8 Å². The fourth-order valence-corrected chi connectivity index (χ4v) is 2.18. The maximum Gasteiger partial charge on any atom is 0.422 e. The van der Waals surface area contributed by atoms with Crippen LogP contribution in [0.25, 0.3) is 0 Å². The smallest absolute Gasteiger partial charge is 0.422 e. The van der Waals surface area contributed by atoms with E-state index in [0.717, 1.165) is 25.0 Å². The Bertz CT molecular complexity index is 566. The number of rotatable bonds is 14. The number of nitrogens with zero attached hydrogens (tertiary/aromatic N) is 1. The highest BCUT2D eigenvalue weighted by Crippen LogP contribution is 2.19. The van der Waals surface area contributed by atoms with Gasteiger partial charge in [-0.3, -0.25) is 0 Å². The molecule has 0 heterocycles. The standard InChI is InChI=1S/C20H32F3N3O3/c1-3-5-11-27-13-14-28-12-10-25-19(24-4-2)26-15-17-6-8-18(9-7-17)29-16-20(21,22)23/h6-9H,3-5,10-16H2,1-2H3,(H2,24,25,26). The first-order valence-corrected chi connectivity index (χ1v) is 9.90. The van der Waals surface area contributed by atoms with Crippen molar-refractivity contribution in [2.75, 3.05) is 46.1 Å². The van der Waals surface area contributed by atoms with Gasteiger partial charge in [0.15, 0.2) is 12.6 Å². The van der Waals surface area contributed by atoms with Crippen molar-refractivity contribution >= 4 is 5.96 Å². The van der Waals surface area contributed by atoms with Gasteiger partial charge >= 0.3 is 6.18 Å². The largest absolute Gasteiger partial charge is 0.484 e. The second kappa shape index (κ2) is 14.9. The molecule has 0 fully saturated rings. The zero-order chi connectivity index (χ0) is 21.4. The lowest BCUT2D eigenvalue weighted by Crippen LogP contribution is -2.39. The maximum atomic E-state index is 12.2. The molecule has 1 aromatic rings. The van der Waals surface area contributed by atoms with Gasteiger partial charge in [-0.15, -0.1) is 0 Å². The van der Waals surface area contributed by atoms with E-state index in [1.54, 1.807) is 12.1 Å². The molecular formula is C20H32F3N3O3. The Morgan fingerprint density at radius 1 is 0.966 bits per heavy atom. The van der Waals surface area contributed by atoms with E-state index < -0.39 is 12.8 Å². The summed E-state index contributed by atoms with van der Waals surface area (Å²) < 4.78 is 52.1. The van der Waals surface area contributed by atoms with E-state index in [1.807, 2.05) is 6.92 Å². The van der Waals surface area contributed by atoms with Gasteiger partial charge in [-0.05, 0) is 31.0 Å². The monoisotopic (exact) mass is 419 g/mol. The van der Waals surface area contributed by atoms with Gasteiger partial charge in [0.25, 0.3) is 0 Å². The lowest BCUT2D eigenvalue weighted by Gasteiger charge is -2.12. The van der Waals surface area contributed by atoms with Gasteiger partial charge in [0, 0.05) is 19.7 Å². The molecule has 29 heavy (non-hydrogen) atoms. The van der Waals surface area contributed by atoms with Crippen molar-refractivity contribution in [3.63, 3.8) is 0 Å². The summed E-state index contributed by atoms with van der Waals surface area (Å²) in [6, 6.07) is 6.40. The minimum atomic E-state index is -4.35. The molecular weight excluding hydrogens is 387 g/mol. The molecule has 9 heteroatoms. The summed E-state index contributed by atoms with van der Waals surface area (Å²) in [5.41, 5.74) is 0.863. The summed E-state index contributed by atoms with van der Waals surface area (Å²) >= 11 is 0. The zero-order valence-electron chi connectivity index (χ0n) is 17.2. The Hall–Kier alpha value is -2.00. The zero-order valence-corrected chi connectivity index (χ0v) is 17.2. The summed E-state index contributed by atoms with van der Waals surface area (Å²) in [5.74, 6) is 0.823. The fourth-order valence-electron chi connectivity index (χ4n) is 2.18. The quantitative estimate of drug-likeness (QED) is 0.274. The average Bonchev–Trinajstić information content (AvgIpc) is 2.69. The van der Waals surface area contributed by atoms with Crippen molar-refractivity contribution in [2.45, 2.75) is 39.4 Å². The average molecular weight is 419 g/mol. The minimum absolute atomic E-state index is 0.177. The number of ether oxygens (including phenoxy) is 3. The van der Waals surface area contributed by atoms with E-state index in [4.69, 9.17) is 14.2 Å². The van der Waals surface area contributed by atoms with Gasteiger partial charge in [-0.1, -0.05) is 25.5 Å². The van der Waals surface area contributed by atoms with E-state index in [2.05, 4.69) is 22.5 Å². The molecule has 0 bridgehead atoms. The summed E-state index contributed by atoms with van der Waals surface area (Å²) in [7, 11) is 0. The molecule has 0 saturated heterocycles. The second-order valence-corrected chi connectivity index (χ2v) is 6.25. The molecule has 0 spiro atoms. The van der Waals surface area contributed by atoms with Crippen molar-refractivity contribution in [2.24, 2.45) is 4.99 Å². The predicted octanol–water partition coefficient (Wildman–Crippen LogP) is 3.52. The van der Waals surface area contributed by atoms with Gasteiger partial charge in [0.05, 0.1) is 26.4 Å². The van der Waals surface area contributed by atoms with Crippen molar-refractivity contribution in [3.8, 4) is 5.75 Å². The number of aliphatic imine (C=N–C) groups is 1. The molecule has 6 nitrogen and oxygen atoms in total. The molecule has 0 atom stereocenters. The highest BCUT2D eigenvalue weighted by molar-refractivity contribution is 5.79. The number of alkyl halides is 3. The molecule has 0 unspecified atom stereocenters. The minimum Gasteiger partial charge on any atom is -0.484 e. The van der Waals surface area contributed by atoms with Gasteiger partial charge in [-0.2, -0.15) is 13.2 Å². The molecule has 1 rings (SSSR count). The van der Waals surface area contributed by atoms with Gasteiger partial charge in [0.1, 0.15) is 5.75 Å². The SMILES string of the molecule is CCCCOCCOCCNC(=NCc1ccc(OCC(F)(F)F)cc1)NCC. The molecule has 0 aromatic heterocycles. The Labute approximate surface area is 170 Å². The molecule has 0 amide bonds. The number of unbranched alkanes of at least 4 members (excludes halogenated alkanes) is 1. The first-order valence-electron chi connectivity index (χ1n) is 9.90. The van der Waals surface area contributed by atoms with Crippen molar-refractivity contribution < 1.29 is 27.4 Å². The third-order valence-corrected chi connectivity index (χ3v) is 3.64. The Kier molecular flexibility index (Phi) is 12.9.